The van der Waals surface area contributed by atoms with E-state index in [9.17, 15) is 13.2 Å². The van der Waals surface area contributed by atoms with Crippen LogP contribution in [0.4, 0.5) is 5.69 Å². The van der Waals surface area contributed by atoms with Crippen molar-refractivity contribution in [2.45, 2.75) is 16.9 Å². The molecule has 1 saturated heterocycles. The van der Waals surface area contributed by atoms with E-state index in [0.717, 1.165) is 0 Å². The van der Waals surface area contributed by atoms with E-state index in [0.29, 0.717) is 18.7 Å². The van der Waals surface area contributed by atoms with Crippen LogP contribution in [0.3, 0.4) is 0 Å². The first kappa shape index (κ1) is 14.9. The first-order chi connectivity index (χ1) is 9.37. The number of nitrogens with one attached hydrogen (secondary N) is 2. The van der Waals surface area contributed by atoms with E-state index in [1.165, 1.54) is 31.3 Å². The lowest BCUT2D eigenvalue weighted by Crippen LogP contribution is -2.51. The highest BCUT2D eigenvalue weighted by Crippen LogP contribution is 2.19. The van der Waals surface area contributed by atoms with Crippen LogP contribution >= 0.6 is 0 Å². The minimum atomic E-state index is -3.48. The van der Waals surface area contributed by atoms with Crippen LogP contribution in [-0.4, -0.2) is 40.1 Å². The molecule has 0 bridgehead atoms. The summed E-state index contributed by atoms with van der Waals surface area (Å²) in [6.45, 7) is 0.647. The van der Waals surface area contributed by atoms with Crippen molar-refractivity contribution in [3.63, 3.8) is 0 Å². The van der Waals surface area contributed by atoms with Crippen molar-refractivity contribution in [2.75, 3.05) is 25.6 Å². The van der Waals surface area contributed by atoms with Gasteiger partial charge in [-0.2, -0.15) is 0 Å². The van der Waals surface area contributed by atoms with Gasteiger partial charge in [0.15, 0.2) is 0 Å². The molecule has 4 N–H and O–H groups in total. The molecule has 1 aromatic rings. The summed E-state index contributed by atoms with van der Waals surface area (Å²) in [6, 6.07) is 5.86. The van der Waals surface area contributed by atoms with Gasteiger partial charge in [0, 0.05) is 12.3 Å². The fourth-order valence-electron chi connectivity index (χ4n) is 1.85. The van der Waals surface area contributed by atoms with Gasteiger partial charge in [-0.25, -0.2) is 13.1 Å². The summed E-state index contributed by atoms with van der Waals surface area (Å²) >= 11 is 0. The molecule has 0 aromatic heterocycles. The number of sulfonamides is 1. The number of ether oxygens (including phenoxy) is 1. The molecular formula is C12H17N3O4S. The van der Waals surface area contributed by atoms with Gasteiger partial charge in [0.25, 0.3) is 0 Å². The highest BCUT2D eigenvalue weighted by molar-refractivity contribution is 7.89. The zero-order chi connectivity index (χ0) is 14.8. The van der Waals surface area contributed by atoms with Gasteiger partial charge in [0.1, 0.15) is 5.54 Å². The molecule has 0 saturated carbocycles. The summed E-state index contributed by atoms with van der Waals surface area (Å²) in [5.41, 5.74) is 5.40. The first-order valence-electron chi connectivity index (χ1n) is 6.09. The highest BCUT2D eigenvalue weighted by Gasteiger charge is 2.38. The summed E-state index contributed by atoms with van der Waals surface area (Å²) in [7, 11) is -2.14. The number of hydrogen-bond acceptors (Lipinski definition) is 5. The third-order valence-electron chi connectivity index (χ3n) is 3.20. The van der Waals surface area contributed by atoms with Gasteiger partial charge < -0.3 is 15.8 Å². The second-order valence-electron chi connectivity index (χ2n) is 4.64. The fourth-order valence-corrected chi connectivity index (χ4v) is 2.58. The Morgan fingerprint density at radius 1 is 1.35 bits per heavy atom. The molecule has 20 heavy (non-hydrogen) atoms. The maximum Gasteiger partial charge on any atom is 0.246 e. The molecular weight excluding hydrogens is 282 g/mol. The number of carbonyl (C=O) groups is 1. The quantitative estimate of drug-likeness (QED) is 0.704. The number of rotatable bonds is 4. The fraction of sp³-hybridized carbons (Fsp3) is 0.417. The molecule has 110 valence electrons. The molecule has 0 spiro atoms. The maximum absolute atomic E-state index is 12.0. The van der Waals surface area contributed by atoms with Crippen molar-refractivity contribution in [1.29, 1.82) is 0 Å². The highest BCUT2D eigenvalue weighted by atomic mass is 32.2. The number of hydrogen-bond donors (Lipinski definition) is 3. The Balaban J connectivity index is 2.10. The Morgan fingerprint density at radius 3 is 2.50 bits per heavy atom. The Hall–Kier alpha value is -1.48. The van der Waals surface area contributed by atoms with Crippen LogP contribution in [-0.2, 0) is 19.6 Å². The second kappa shape index (κ2) is 5.49. The minimum Gasteiger partial charge on any atom is -0.379 e. The van der Waals surface area contributed by atoms with E-state index in [4.69, 9.17) is 10.5 Å². The van der Waals surface area contributed by atoms with Crippen LogP contribution in [0.15, 0.2) is 29.2 Å². The average molecular weight is 299 g/mol. The van der Waals surface area contributed by atoms with Gasteiger partial charge in [-0.05, 0) is 37.7 Å². The molecule has 0 aliphatic carbocycles. The van der Waals surface area contributed by atoms with Crippen molar-refractivity contribution in [3.8, 4) is 0 Å². The Bertz CT molecular complexity index is 592. The lowest BCUT2D eigenvalue weighted by molar-refractivity contribution is -0.121. The van der Waals surface area contributed by atoms with Gasteiger partial charge in [0.05, 0.1) is 11.5 Å². The minimum absolute atomic E-state index is 0.129. The third kappa shape index (κ3) is 2.98. The van der Waals surface area contributed by atoms with Crippen LogP contribution in [0, 0.1) is 0 Å². The zero-order valence-corrected chi connectivity index (χ0v) is 11.9. The van der Waals surface area contributed by atoms with Crippen molar-refractivity contribution in [2.24, 2.45) is 5.73 Å². The third-order valence-corrected chi connectivity index (χ3v) is 4.63. The number of amides is 1. The van der Waals surface area contributed by atoms with Gasteiger partial charge in [-0.3, -0.25) is 4.79 Å². The molecule has 7 nitrogen and oxygen atoms in total. The summed E-state index contributed by atoms with van der Waals surface area (Å²) in [5.74, 6) is -0.334. The first-order valence-corrected chi connectivity index (χ1v) is 7.57. The number of nitrogens with two attached hydrogens (primary N) is 1. The van der Waals surface area contributed by atoms with Gasteiger partial charge in [-0.1, -0.05) is 0 Å². The van der Waals surface area contributed by atoms with Crippen LogP contribution in [0.2, 0.25) is 0 Å². The topological polar surface area (TPSA) is 111 Å². The van der Waals surface area contributed by atoms with Crippen LogP contribution in [0.25, 0.3) is 0 Å². The lowest BCUT2D eigenvalue weighted by atomic mass is 9.99. The number of anilines is 1. The smallest absolute Gasteiger partial charge is 0.246 e. The zero-order valence-electron chi connectivity index (χ0n) is 11.0. The SMILES string of the molecule is CNS(=O)(=O)c1ccc(NC(=O)C2(N)CCOC2)cc1. The molecule has 1 fully saturated rings. The van der Waals surface area contributed by atoms with Crippen molar-refractivity contribution >= 4 is 21.6 Å². The second-order valence-corrected chi connectivity index (χ2v) is 6.53. The predicted molar refractivity (Wildman–Crippen MR) is 73.7 cm³/mol. The maximum atomic E-state index is 12.0. The van der Waals surface area contributed by atoms with E-state index in [1.54, 1.807) is 0 Å². The molecule has 1 aliphatic heterocycles. The van der Waals surface area contributed by atoms with Crippen molar-refractivity contribution in [1.82, 2.24) is 4.72 Å². The van der Waals surface area contributed by atoms with E-state index >= 15 is 0 Å². The summed E-state index contributed by atoms with van der Waals surface area (Å²) in [6.07, 6.45) is 0.463. The molecule has 1 heterocycles. The summed E-state index contributed by atoms with van der Waals surface area (Å²) in [4.78, 5) is 12.2. The number of carbonyl (C=O) groups excluding carboxylic acids is 1. The van der Waals surface area contributed by atoms with Crippen LogP contribution in [0.1, 0.15) is 6.42 Å². The Labute approximate surface area is 117 Å². The molecule has 1 aliphatic rings. The molecule has 0 radical (unpaired) electrons. The van der Waals surface area contributed by atoms with Gasteiger partial charge in [-0.15, -0.1) is 0 Å². The summed E-state index contributed by atoms with van der Waals surface area (Å²) < 4.78 is 30.5. The van der Waals surface area contributed by atoms with Crippen LogP contribution < -0.4 is 15.8 Å². The van der Waals surface area contributed by atoms with Gasteiger partial charge in [0.2, 0.25) is 15.9 Å². The standard InChI is InChI=1S/C12H17N3O4S/c1-14-20(17,18)10-4-2-9(3-5-10)15-11(16)12(13)6-7-19-8-12/h2-5,14H,6-8,13H2,1H3,(H,15,16). The molecule has 8 heteroatoms. The van der Waals surface area contributed by atoms with E-state index in [-0.39, 0.29) is 17.4 Å². The normalized spacial score (nSPS) is 22.7. The van der Waals surface area contributed by atoms with E-state index in [1.807, 2.05) is 0 Å². The number of benzene rings is 1. The lowest BCUT2D eigenvalue weighted by Gasteiger charge is -2.20. The molecule has 1 unspecified atom stereocenters. The van der Waals surface area contributed by atoms with Crippen LogP contribution in [0.5, 0.6) is 0 Å². The molecule has 1 amide bonds. The Morgan fingerprint density at radius 2 is 2.00 bits per heavy atom. The Kier molecular flexibility index (Phi) is 4.09. The molecule has 2 rings (SSSR count). The summed E-state index contributed by atoms with van der Waals surface area (Å²) in [5, 5.41) is 2.66. The largest absolute Gasteiger partial charge is 0.379 e. The van der Waals surface area contributed by atoms with Gasteiger partial charge >= 0.3 is 0 Å². The predicted octanol–water partition coefficient (Wildman–Crippen LogP) is -0.349. The average Bonchev–Trinajstić information content (AvgIpc) is 2.88. The monoisotopic (exact) mass is 299 g/mol. The van der Waals surface area contributed by atoms with Crippen molar-refractivity contribution < 1.29 is 17.9 Å². The van der Waals surface area contributed by atoms with Crippen molar-refractivity contribution in [3.05, 3.63) is 24.3 Å². The molecule has 1 aromatic carbocycles. The van der Waals surface area contributed by atoms with E-state index in [2.05, 4.69) is 10.0 Å². The van der Waals surface area contributed by atoms with E-state index < -0.39 is 15.6 Å². The molecule has 1 atom stereocenters.